The average Bonchev–Trinajstić information content (AvgIpc) is 2.25. The van der Waals surface area contributed by atoms with Crippen LogP contribution in [0, 0.1) is 17.8 Å². The molecule has 1 heterocycles. The molecule has 2 rings (SSSR count). The van der Waals surface area contributed by atoms with Crippen molar-refractivity contribution < 1.29 is 4.79 Å². The molecule has 4 nitrogen and oxygen atoms in total. The van der Waals surface area contributed by atoms with Crippen molar-refractivity contribution >= 4 is 5.91 Å². The van der Waals surface area contributed by atoms with Gasteiger partial charge in [-0.2, -0.15) is 0 Å². The molecule has 0 radical (unpaired) electrons. The van der Waals surface area contributed by atoms with Crippen molar-refractivity contribution in [3.8, 4) is 0 Å². The Kier molecular flexibility index (Phi) is 3.59. The highest BCUT2D eigenvalue weighted by atomic mass is 16.1. The lowest BCUT2D eigenvalue weighted by Gasteiger charge is -2.38. The van der Waals surface area contributed by atoms with E-state index in [2.05, 4.69) is 10.6 Å². The van der Waals surface area contributed by atoms with Gasteiger partial charge in [0.25, 0.3) is 0 Å². The normalized spacial score (nSPS) is 34.9. The number of hydrogen-bond donors (Lipinski definition) is 3. The second-order valence-corrected chi connectivity index (χ2v) is 4.87. The van der Waals surface area contributed by atoms with E-state index in [1.165, 1.54) is 6.42 Å². The van der Waals surface area contributed by atoms with E-state index in [1.54, 1.807) is 0 Å². The third kappa shape index (κ3) is 2.69. The number of piperidine rings is 1. The summed E-state index contributed by atoms with van der Waals surface area (Å²) in [5.74, 6) is 1.89. The lowest BCUT2D eigenvalue weighted by atomic mass is 9.73. The number of amides is 1. The molecule has 15 heavy (non-hydrogen) atoms. The summed E-state index contributed by atoms with van der Waals surface area (Å²) < 4.78 is 0. The van der Waals surface area contributed by atoms with Crippen LogP contribution in [0.2, 0.25) is 0 Å². The van der Waals surface area contributed by atoms with Gasteiger partial charge in [-0.05, 0) is 44.2 Å². The van der Waals surface area contributed by atoms with Crippen molar-refractivity contribution in [2.24, 2.45) is 23.5 Å². The average molecular weight is 211 g/mol. The summed E-state index contributed by atoms with van der Waals surface area (Å²) in [6.45, 7) is 3.34. The van der Waals surface area contributed by atoms with Crippen LogP contribution in [0.3, 0.4) is 0 Å². The molecule has 0 aromatic carbocycles. The lowest BCUT2D eigenvalue weighted by molar-refractivity contribution is -0.127. The van der Waals surface area contributed by atoms with E-state index in [-0.39, 0.29) is 11.8 Å². The number of nitrogens with one attached hydrogen (secondary N) is 2. The third-order valence-corrected chi connectivity index (χ3v) is 3.58. The van der Waals surface area contributed by atoms with E-state index in [1.807, 2.05) is 0 Å². The van der Waals surface area contributed by atoms with E-state index in [9.17, 15) is 4.79 Å². The van der Waals surface area contributed by atoms with Crippen LogP contribution in [0.1, 0.15) is 19.3 Å². The van der Waals surface area contributed by atoms with Gasteiger partial charge >= 0.3 is 0 Å². The predicted octanol–water partition coefficient (Wildman–Crippen LogP) is -0.303. The van der Waals surface area contributed by atoms with Gasteiger partial charge in [-0.25, -0.2) is 0 Å². The smallest absolute Gasteiger partial charge is 0.223 e. The molecule has 0 aromatic rings. The molecule has 2 bridgehead atoms. The Labute approximate surface area is 91.0 Å². The van der Waals surface area contributed by atoms with E-state index < -0.39 is 0 Å². The van der Waals surface area contributed by atoms with Crippen molar-refractivity contribution in [1.82, 2.24) is 10.6 Å². The molecule has 4 N–H and O–H groups in total. The van der Waals surface area contributed by atoms with Gasteiger partial charge in [-0.1, -0.05) is 0 Å². The van der Waals surface area contributed by atoms with E-state index in [4.69, 9.17) is 5.73 Å². The molecule has 1 aliphatic carbocycles. The predicted molar refractivity (Wildman–Crippen MR) is 59.3 cm³/mol. The summed E-state index contributed by atoms with van der Waals surface area (Å²) in [5, 5.41) is 6.34. The fourth-order valence-corrected chi connectivity index (χ4v) is 2.94. The number of nitrogens with two attached hydrogens (primary N) is 1. The lowest BCUT2D eigenvalue weighted by Crippen LogP contribution is -2.45. The van der Waals surface area contributed by atoms with Gasteiger partial charge in [0.1, 0.15) is 0 Å². The molecule has 2 unspecified atom stereocenters. The Morgan fingerprint density at radius 1 is 1.27 bits per heavy atom. The first-order valence-electron chi connectivity index (χ1n) is 5.98. The van der Waals surface area contributed by atoms with Crippen molar-refractivity contribution in [2.45, 2.75) is 19.3 Å². The zero-order valence-corrected chi connectivity index (χ0v) is 9.17. The van der Waals surface area contributed by atoms with Gasteiger partial charge < -0.3 is 16.4 Å². The Hall–Kier alpha value is -0.610. The summed E-state index contributed by atoms with van der Waals surface area (Å²) in [6.07, 6.45) is 3.42. The second kappa shape index (κ2) is 4.94. The molecular weight excluding hydrogens is 190 g/mol. The van der Waals surface area contributed by atoms with Gasteiger partial charge in [0.05, 0.1) is 0 Å². The first kappa shape index (κ1) is 10.9. The van der Waals surface area contributed by atoms with Gasteiger partial charge in [-0.3, -0.25) is 4.79 Å². The summed E-state index contributed by atoms with van der Waals surface area (Å²) in [4.78, 5) is 11.8. The number of fused-ring (bicyclic) bond motifs is 2. The van der Waals surface area contributed by atoms with Gasteiger partial charge in [-0.15, -0.1) is 0 Å². The minimum Gasteiger partial charge on any atom is -0.355 e. The fourth-order valence-electron chi connectivity index (χ4n) is 2.94. The Bertz CT molecular complexity index is 220. The summed E-state index contributed by atoms with van der Waals surface area (Å²) in [7, 11) is 0. The molecule has 2 fully saturated rings. The molecular formula is C11H21N3O. The molecule has 2 aliphatic rings. The summed E-state index contributed by atoms with van der Waals surface area (Å²) in [6, 6.07) is 0. The molecule has 2 atom stereocenters. The zero-order chi connectivity index (χ0) is 10.7. The van der Waals surface area contributed by atoms with Crippen LogP contribution in [0.25, 0.3) is 0 Å². The minimum atomic E-state index is 0.219. The van der Waals surface area contributed by atoms with Gasteiger partial charge in [0.2, 0.25) is 5.91 Å². The molecule has 1 amide bonds. The molecule has 0 aromatic heterocycles. The quantitative estimate of drug-likeness (QED) is 0.600. The molecule has 0 spiro atoms. The molecule has 1 saturated heterocycles. The van der Waals surface area contributed by atoms with Gasteiger partial charge in [0, 0.05) is 19.0 Å². The monoisotopic (exact) mass is 211 g/mol. The van der Waals surface area contributed by atoms with Crippen molar-refractivity contribution in [3.05, 3.63) is 0 Å². The minimum absolute atomic E-state index is 0.219. The number of carbonyl (C=O) groups excluding carboxylic acids is 1. The van der Waals surface area contributed by atoms with Crippen LogP contribution in [-0.2, 0) is 4.79 Å². The highest BCUT2D eigenvalue weighted by Gasteiger charge is 2.34. The SMILES string of the molecule is NCCNC(=O)C1CC2CNCC(C2)C1. The topological polar surface area (TPSA) is 67.1 Å². The first-order chi connectivity index (χ1) is 7.29. The van der Waals surface area contributed by atoms with Crippen LogP contribution in [0.15, 0.2) is 0 Å². The number of carbonyl (C=O) groups is 1. The number of rotatable bonds is 3. The summed E-state index contributed by atoms with van der Waals surface area (Å²) in [5.41, 5.74) is 5.37. The largest absolute Gasteiger partial charge is 0.355 e. The van der Waals surface area contributed by atoms with Crippen LogP contribution in [-0.4, -0.2) is 32.1 Å². The van der Waals surface area contributed by atoms with Crippen molar-refractivity contribution in [3.63, 3.8) is 0 Å². The highest BCUT2D eigenvalue weighted by Crippen LogP contribution is 2.35. The van der Waals surface area contributed by atoms with Crippen LogP contribution in [0.5, 0.6) is 0 Å². The molecule has 4 heteroatoms. The van der Waals surface area contributed by atoms with E-state index in [0.717, 1.165) is 25.9 Å². The third-order valence-electron chi connectivity index (χ3n) is 3.58. The maximum atomic E-state index is 11.8. The summed E-state index contributed by atoms with van der Waals surface area (Å²) >= 11 is 0. The van der Waals surface area contributed by atoms with Crippen LogP contribution < -0.4 is 16.4 Å². The van der Waals surface area contributed by atoms with Crippen molar-refractivity contribution in [2.75, 3.05) is 26.2 Å². The highest BCUT2D eigenvalue weighted by molar-refractivity contribution is 5.78. The Balaban J connectivity index is 1.85. The van der Waals surface area contributed by atoms with E-state index >= 15 is 0 Å². The fraction of sp³-hybridized carbons (Fsp3) is 0.909. The standard InChI is InChI=1S/C11H21N3O/c12-1-2-14-11(15)10-4-8-3-9(5-10)7-13-6-8/h8-10,13H,1-7,12H2,(H,14,15). The first-order valence-corrected chi connectivity index (χ1v) is 5.98. The van der Waals surface area contributed by atoms with E-state index in [0.29, 0.717) is 24.9 Å². The second-order valence-electron chi connectivity index (χ2n) is 4.87. The number of hydrogen-bond acceptors (Lipinski definition) is 3. The Morgan fingerprint density at radius 3 is 2.53 bits per heavy atom. The zero-order valence-electron chi connectivity index (χ0n) is 9.17. The maximum Gasteiger partial charge on any atom is 0.223 e. The molecule has 86 valence electrons. The Morgan fingerprint density at radius 2 is 1.93 bits per heavy atom. The molecule has 1 saturated carbocycles. The van der Waals surface area contributed by atoms with Crippen LogP contribution >= 0.6 is 0 Å². The van der Waals surface area contributed by atoms with Crippen molar-refractivity contribution in [1.29, 1.82) is 0 Å². The molecule has 1 aliphatic heterocycles. The maximum absolute atomic E-state index is 11.8. The van der Waals surface area contributed by atoms with Gasteiger partial charge in [0.15, 0.2) is 0 Å². The van der Waals surface area contributed by atoms with Crippen LogP contribution in [0.4, 0.5) is 0 Å².